The third-order valence-electron chi connectivity index (χ3n) is 7.35. The molecule has 2 aromatic rings. The number of anilines is 1. The van der Waals surface area contributed by atoms with Crippen molar-refractivity contribution in [1.82, 2.24) is 20.2 Å². The molecule has 7 nitrogen and oxygen atoms in total. The van der Waals surface area contributed by atoms with Crippen LogP contribution in [0.2, 0.25) is 0 Å². The molecule has 1 aromatic carbocycles. The van der Waals surface area contributed by atoms with Crippen molar-refractivity contribution in [2.24, 2.45) is 0 Å². The van der Waals surface area contributed by atoms with Crippen LogP contribution in [0.5, 0.6) is 6.01 Å². The first-order chi connectivity index (χ1) is 15.3. The van der Waals surface area contributed by atoms with Gasteiger partial charge in [-0.15, -0.1) is 0 Å². The molecule has 2 amide bonds. The Morgan fingerprint density at radius 2 is 1.97 bits per heavy atom. The fourth-order valence-corrected chi connectivity index (χ4v) is 5.20. The van der Waals surface area contributed by atoms with E-state index in [1.54, 1.807) is 23.2 Å². The molecule has 1 spiro atoms. The number of urea groups is 1. The fraction of sp³-hybridized carbons (Fsp3) is 0.542. The average molecular weight is 440 g/mol. The molecule has 32 heavy (non-hydrogen) atoms. The number of hydrogen-bond donors (Lipinski definition) is 1. The molecule has 8 heteroatoms. The number of hydrogen-bond acceptors (Lipinski definition) is 5. The lowest BCUT2D eigenvalue weighted by Gasteiger charge is -2.48. The zero-order valence-electron chi connectivity index (χ0n) is 18.9. The quantitative estimate of drug-likeness (QED) is 0.768. The summed E-state index contributed by atoms with van der Waals surface area (Å²) in [5.41, 5.74) is 1.90. The Morgan fingerprint density at radius 1 is 1.22 bits per heavy atom. The largest absolute Gasteiger partial charge is 0.460 e. The van der Waals surface area contributed by atoms with Gasteiger partial charge in [0.15, 0.2) is 0 Å². The second-order valence-electron chi connectivity index (χ2n) is 9.67. The fourth-order valence-electron chi connectivity index (χ4n) is 5.20. The van der Waals surface area contributed by atoms with E-state index in [-0.39, 0.29) is 29.0 Å². The maximum absolute atomic E-state index is 14.0. The molecule has 1 N–H and O–H groups in total. The molecule has 1 aromatic heterocycles. The van der Waals surface area contributed by atoms with Gasteiger partial charge in [0.1, 0.15) is 11.9 Å². The summed E-state index contributed by atoms with van der Waals surface area (Å²) in [5, 5.41) is 3.25. The van der Waals surface area contributed by atoms with Crippen LogP contribution < -0.4 is 15.0 Å². The van der Waals surface area contributed by atoms with Crippen LogP contribution in [0.25, 0.3) is 0 Å². The van der Waals surface area contributed by atoms with Crippen molar-refractivity contribution >= 4 is 11.7 Å². The molecule has 2 saturated carbocycles. The molecule has 5 rings (SSSR count). The number of halogens is 1. The summed E-state index contributed by atoms with van der Waals surface area (Å²) < 4.78 is 19.7. The minimum Gasteiger partial charge on any atom is -0.460 e. The Bertz CT molecular complexity index is 1030. The molecular weight excluding hydrogens is 409 g/mol. The number of carbonyl (C=O) groups is 1. The van der Waals surface area contributed by atoms with Crippen molar-refractivity contribution in [3.05, 3.63) is 47.5 Å². The Kier molecular flexibility index (Phi) is 5.08. The van der Waals surface area contributed by atoms with Crippen LogP contribution in [0.4, 0.5) is 14.9 Å². The van der Waals surface area contributed by atoms with Gasteiger partial charge in [0.2, 0.25) is 0 Å². The topological polar surface area (TPSA) is 70.6 Å². The lowest BCUT2D eigenvalue weighted by atomic mass is 9.69. The monoisotopic (exact) mass is 439 g/mol. The SMILES string of the molecule is Cc1nc(OC2CC2)ncc1N1C[C@]2(CC[C@](c3cccc(F)c3)(N(C)C)CC2)NC1=O. The van der Waals surface area contributed by atoms with Gasteiger partial charge in [-0.2, -0.15) is 4.98 Å². The highest BCUT2D eigenvalue weighted by atomic mass is 19.1. The third kappa shape index (κ3) is 3.70. The molecule has 0 radical (unpaired) electrons. The second-order valence-corrected chi connectivity index (χ2v) is 9.67. The van der Waals surface area contributed by atoms with Crippen molar-refractivity contribution < 1.29 is 13.9 Å². The molecule has 1 aliphatic heterocycles. The maximum Gasteiger partial charge on any atom is 0.322 e. The van der Waals surface area contributed by atoms with Crippen LogP contribution in [0.15, 0.2) is 30.5 Å². The Labute approximate surface area is 188 Å². The number of carbonyl (C=O) groups excluding carboxylic acids is 1. The predicted octanol–water partition coefficient (Wildman–Crippen LogP) is 3.76. The highest BCUT2D eigenvalue weighted by molar-refractivity contribution is 5.95. The Morgan fingerprint density at radius 3 is 2.59 bits per heavy atom. The zero-order chi connectivity index (χ0) is 22.5. The molecule has 0 atom stereocenters. The molecule has 3 aliphatic rings. The maximum atomic E-state index is 14.0. The van der Waals surface area contributed by atoms with E-state index in [0.29, 0.717) is 12.6 Å². The number of aryl methyl sites for hydroxylation is 1. The normalized spacial score (nSPS) is 27.8. The first kappa shape index (κ1) is 21.1. The van der Waals surface area contributed by atoms with Gasteiger partial charge in [-0.3, -0.25) is 9.80 Å². The predicted molar refractivity (Wildman–Crippen MR) is 119 cm³/mol. The van der Waals surface area contributed by atoms with Gasteiger partial charge in [-0.25, -0.2) is 14.2 Å². The van der Waals surface area contributed by atoms with Crippen LogP contribution in [0, 0.1) is 12.7 Å². The number of nitrogens with one attached hydrogen (secondary N) is 1. The number of nitrogens with zero attached hydrogens (tertiary/aromatic N) is 4. The van der Waals surface area contributed by atoms with E-state index < -0.39 is 0 Å². The van der Waals surface area contributed by atoms with E-state index in [2.05, 4.69) is 20.2 Å². The molecule has 2 heterocycles. The Hall–Kier alpha value is -2.74. The van der Waals surface area contributed by atoms with E-state index in [4.69, 9.17) is 4.74 Å². The first-order valence-corrected chi connectivity index (χ1v) is 11.3. The Balaban J connectivity index is 1.34. The molecule has 170 valence electrons. The molecule has 0 bridgehead atoms. The van der Waals surface area contributed by atoms with Crippen molar-refractivity contribution in [3.63, 3.8) is 0 Å². The van der Waals surface area contributed by atoms with Crippen LogP contribution >= 0.6 is 0 Å². The van der Waals surface area contributed by atoms with Crippen molar-refractivity contribution in [2.75, 3.05) is 25.5 Å². The second kappa shape index (κ2) is 7.69. The summed E-state index contributed by atoms with van der Waals surface area (Å²) in [5.74, 6) is -0.214. The lowest BCUT2D eigenvalue weighted by Crippen LogP contribution is -2.54. The van der Waals surface area contributed by atoms with Crippen LogP contribution in [0.3, 0.4) is 0 Å². The van der Waals surface area contributed by atoms with E-state index in [1.807, 2.05) is 27.1 Å². The number of benzene rings is 1. The number of amides is 2. The summed E-state index contributed by atoms with van der Waals surface area (Å²) in [4.78, 5) is 25.7. The lowest BCUT2D eigenvalue weighted by molar-refractivity contribution is 0.0655. The first-order valence-electron chi connectivity index (χ1n) is 11.3. The van der Waals surface area contributed by atoms with Gasteiger partial charge >= 0.3 is 12.0 Å². The van der Waals surface area contributed by atoms with Gasteiger partial charge in [0, 0.05) is 5.54 Å². The van der Waals surface area contributed by atoms with E-state index in [0.717, 1.165) is 55.5 Å². The third-order valence-corrected chi connectivity index (χ3v) is 7.35. The highest BCUT2D eigenvalue weighted by Gasteiger charge is 2.50. The standard InChI is InChI=1S/C24H30FN5O2/c1-16-20(14-26-21(27-16)32-19-7-8-19)30-15-23(28-22(30)31)9-11-24(12-10-23,29(2)3)17-5-4-6-18(25)13-17/h4-6,13-14,19H,7-12,15H2,1-3H3,(H,28,31)/t23-,24+. The summed E-state index contributed by atoms with van der Waals surface area (Å²) in [6.45, 7) is 2.46. The zero-order valence-corrected chi connectivity index (χ0v) is 18.9. The average Bonchev–Trinajstić information content (AvgIpc) is 3.51. The number of aromatic nitrogens is 2. The number of rotatable bonds is 5. The summed E-state index contributed by atoms with van der Waals surface area (Å²) >= 11 is 0. The van der Waals surface area contributed by atoms with Gasteiger partial charge in [0.25, 0.3) is 0 Å². The van der Waals surface area contributed by atoms with Crippen molar-refractivity contribution in [1.29, 1.82) is 0 Å². The van der Waals surface area contributed by atoms with Gasteiger partial charge < -0.3 is 10.1 Å². The molecule has 3 fully saturated rings. The minimum atomic E-state index is -0.306. The molecule has 0 unspecified atom stereocenters. The van der Waals surface area contributed by atoms with Gasteiger partial charge in [-0.05, 0) is 77.2 Å². The summed E-state index contributed by atoms with van der Waals surface area (Å²) in [6.07, 6.45) is 7.31. The van der Waals surface area contributed by atoms with Crippen LogP contribution in [-0.4, -0.2) is 53.2 Å². The van der Waals surface area contributed by atoms with Crippen LogP contribution in [-0.2, 0) is 5.54 Å². The van der Waals surface area contributed by atoms with Crippen LogP contribution in [0.1, 0.15) is 49.8 Å². The van der Waals surface area contributed by atoms with E-state index >= 15 is 0 Å². The molecule has 2 aliphatic carbocycles. The van der Waals surface area contributed by atoms with Crippen molar-refractivity contribution in [2.45, 2.75) is 62.6 Å². The smallest absolute Gasteiger partial charge is 0.322 e. The molecule has 1 saturated heterocycles. The van der Waals surface area contributed by atoms with E-state index in [1.165, 1.54) is 6.07 Å². The van der Waals surface area contributed by atoms with Crippen molar-refractivity contribution in [3.8, 4) is 6.01 Å². The van der Waals surface area contributed by atoms with Gasteiger partial charge in [0.05, 0.1) is 29.7 Å². The minimum absolute atomic E-state index is 0.115. The number of ether oxygens (including phenoxy) is 1. The summed E-state index contributed by atoms with van der Waals surface area (Å²) in [6, 6.07) is 7.18. The molecular formula is C24H30FN5O2. The van der Waals surface area contributed by atoms with E-state index in [9.17, 15) is 9.18 Å². The highest BCUT2D eigenvalue weighted by Crippen LogP contribution is 2.46. The van der Waals surface area contributed by atoms with Gasteiger partial charge in [-0.1, -0.05) is 12.1 Å². The summed E-state index contributed by atoms with van der Waals surface area (Å²) in [7, 11) is 4.10.